The molecule has 5 heteroatoms. The summed E-state index contributed by atoms with van der Waals surface area (Å²) in [7, 11) is 0. The molecule has 2 aliphatic carbocycles. The maximum atomic E-state index is 12.2. The molecular formula is C18H21NO4. The number of Topliss-reactive ketones (excluding diaryl/α,β-unsaturated/α-hetero) is 2. The van der Waals surface area contributed by atoms with Gasteiger partial charge < -0.3 is 0 Å². The van der Waals surface area contributed by atoms with E-state index >= 15 is 0 Å². The zero-order valence-electron chi connectivity index (χ0n) is 13.2. The number of aryl methyl sites for hydroxylation is 1. The Balaban J connectivity index is 1.72. The zero-order valence-corrected chi connectivity index (χ0v) is 13.2. The molecule has 0 heterocycles. The standard InChI is InChI=1S/C18H21NO4/c20-15(7-5-12-3-1-2-4-12)10-14-9-13-6-8-18(21)16(13)11-17(14)19(22)23/h9,11-12H,1-8,10H2. The van der Waals surface area contributed by atoms with E-state index in [1.165, 1.54) is 31.7 Å². The molecule has 0 unspecified atom stereocenters. The molecule has 1 saturated carbocycles. The molecule has 0 aliphatic heterocycles. The molecule has 122 valence electrons. The summed E-state index contributed by atoms with van der Waals surface area (Å²) in [5.74, 6) is 0.665. The normalized spacial score (nSPS) is 17.5. The van der Waals surface area contributed by atoms with Crippen molar-refractivity contribution in [3.63, 3.8) is 0 Å². The van der Waals surface area contributed by atoms with Gasteiger partial charge >= 0.3 is 0 Å². The van der Waals surface area contributed by atoms with Gasteiger partial charge in [-0.2, -0.15) is 0 Å². The zero-order chi connectivity index (χ0) is 16.4. The van der Waals surface area contributed by atoms with Crippen LogP contribution in [0.3, 0.4) is 0 Å². The Kier molecular flexibility index (Phi) is 4.55. The lowest BCUT2D eigenvalue weighted by Crippen LogP contribution is -2.08. The third-order valence-electron chi connectivity index (χ3n) is 5.12. The van der Waals surface area contributed by atoms with E-state index in [0.717, 1.165) is 12.0 Å². The highest BCUT2D eigenvalue weighted by atomic mass is 16.6. The summed E-state index contributed by atoms with van der Waals surface area (Å²) in [6.45, 7) is 0. The molecule has 0 amide bonds. The molecule has 0 atom stereocenters. The van der Waals surface area contributed by atoms with Crippen LogP contribution in [-0.4, -0.2) is 16.5 Å². The molecular weight excluding hydrogens is 294 g/mol. The highest BCUT2D eigenvalue weighted by Gasteiger charge is 2.26. The van der Waals surface area contributed by atoms with Crippen molar-refractivity contribution in [1.82, 2.24) is 0 Å². The fourth-order valence-corrected chi connectivity index (χ4v) is 3.81. The number of hydrogen-bond donors (Lipinski definition) is 0. The molecule has 0 saturated heterocycles. The molecule has 0 bridgehead atoms. The first-order valence-electron chi connectivity index (χ1n) is 8.39. The van der Waals surface area contributed by atoms with E-state index in [0.29, 0.717) is 36.3 Å². The number of nitrogens with zero attached hydrogens (tertiary/aromatic N) is 1. The summed E-state index contributed by atoms with van der Waals surface area (Å²) >= 11 is 0. The molecule has 1 fully saturated rings. The summed E-state index contributed by atoms with van der Waals surface area (Å²) in [5.41, 5.74) is 1.67. The molecule has 0 N–H and O–H groups in total. The fourth-order valence-electron chi connectivity index (χ4n) is 3.81. The number of ketones is 2. The Labute approximate surface area is 135 Å². The summed E-state index contributed by atoms with van der Waals surface area (Å²) in [4.78, 5) is 34.7. The number of nitro groups is 1. The van der Waals surface area contributed by atoms with Gasteiger partial charge in [0.2, 0.25) is 0 Å². The second-order valence-corrected chi connectivity index (χ2v) is 6.72. The minimum absolute atomic E-state index is 0.0396. The van der Waals surface area contributed by atoms with Crippen LogP contribution >= 0.6 is 0 Å². The number of nitro benzene ring substituents is 1. The van der Waals surface area contributed by atoms with E-state index < -0.39 is 4.92 Å². The highest BCUT2D eigenvalue weighted by Crippen LogP contribution is 2.31. The van der Waals surface area contributed by atoms with Crippen molar-refractivity contribution in [1.29, 1.82) is 0 Å². The van der Waals surface area contributed by atoms with Crippen molar-refractivity contribution >= 4 is 17.3 Å². The van der Waals surface area contributed by atoms with Gasteiger partial charge in [0.25, 0.3) is 5.69 Å². The average Bonchev–Trinajstić information content (AvgIpc) is 3.14. The maximum Gasteiger partial charge on any atom is 0.273 e. The highest BCUT2D eigenvalue weighted by molar-refractivity contribution is 6.01. The van der Waals surface area contributed by atoms with Gasteiger partial charge in [-0.15, -0.1) is 0 Å². The summed E-state index contributed by atoms with van der Waals surface area (Å²) in [6, 6.07) is 3.07. The van der Waals surface area contributed by atoms with Crippen molar-refractivity contribution in [2.75, 3.05) is 0 Å². The lowest BCUT2D eigenvalue weighted by molar-refractivity contribution is -0.385. The van der Waals surface area contributed by atoms with Crippen LogP contribution in [0.25, 0.3) is 0 Å². The second-order valence-electron chi connectivity index (χ2n) is 6.72. The van der Waals surface area contributed by atoms with E-state index in [1.807, 2.05) is 0 Å². The van der Waals surface area contributed by atoms with Gasteiger partial charge in [-0.1, -0.05) is 25.7 Å². The van der Waals surface area contributed by atoms with Crippen LogP contribution in [0.4, 0.5) is 5.69 Å². The Morgan fingerprint density at radius 3 is 2.65 bits per heavy atom. The van der Waals surface area contributed by atoms with E-state index in [2.05, 4.69) is 0 Å². The predicted molar refractivity (Wildman–Crippen MR) is 85.7 cm³/mol. The summed E-state index contributed by atoms with van der Waals surface area (Å²) in [6.07, 6.45) is 7.44. The lowest BCUT2D eigenvalue weighted by Gasteiger charge is -2.09. The Bertz CT molecular complexity index is 659. The number of carbonyl (C=O) groups excluding carboxylic acids is 2. The van der Waals surface area contributed by atoms with Crippen molar-refractivity contribution in [3.8, 4) is 0 Å². The topological polar surface area (TPSA) is 77.3 Å². The first kappa shape index (κ1) is 15.8. The van der Waals surface area contributed by atoms with Gasteiger partial charge in [0.15, 0.2) is 5.78 Å². The van der Waals surface area contributed by atoms with Gasteiger partial charge in [-0.25, -0.2) is 0 Å². The molecule has 0 spiro atoms. The summed E-state index contributed by atoms with van der Waals surface area (Å²) < 4.78 is 0. The number of carbonyl (C=O) groups is 2. The second kappa shape index (κ2) is 6.60. The predicted octanol–water partition coefficient (Wildman–Crippen LogP) is 3.81. The van der Waals surface area contributed by atoms with Crippen LogP contribution in [-0.2, 0) is 17.6 Å². The van der Waals surface area contributed by atoms with Gasteiger partial charge in [-0.05, 0) is 30.4 Å². The third-order valence-corrected chi connectivity index (χ3v) is 5.12. The molecule has 2 aliphatic rings. The van der Waals surface area contributed by atoms with Crippen LogP contribution in [0.5, 0.6) is 0 Å². The smallest absolute Gasteiger partial charge is 0.273 e. The Morgan fingerprint density at radius 1 is 1.22 bits per heavy atom. The molecule has 0 radical (unpaired) electrons. The minimum atomic E-state index is -0.481. The molecule has 1 aromatic carbocycles. The van der Waals surface area contributed by atoms with Gasteiger partial charge in [0.1, 0.15) is 5.78 Å². The fraction of sp³-hybridized carbons (Fsp3) is 0.556. The summed E-state index contributed by atoms with van der Waals surface area (Å²) in [5, 5.41) is 11.3. The van der Waals surface area contributed by atoms with E-state index in [9.17, 15) is 19.7 Å². The van der Waals surface area contributed by atoms with Crippen molar-refractivity contribution in [3.05, 3.63) is 38.9 Å². The molecule has 5 nitrogen and oxygen atoms in total. The third kappa shape index (κ3) is 3.49. The first-order valence-corrected chi connectivity index (χ1v) is 8.39. The van der Waals surface area contributed by atoms with Crippen LogP contribution in [0.15, 0.2) is 12.1 Å². The van der Waals surface area contributed by atoms with E-state index in [-0.39, 0.29) is 23.7 Å². The van der Waals surface area contributed by atoms with Crippen molar-refractivity contribution in [2.24, 2.45) is 5.92 Å². The van der Waals surface area contributed by atoms with Crippen LogP contribution < -0.4 is 0 Å². The minimum Gasteiger partial charge on any atom is -0.299 e. The molecule has 0 aromatic heterocycles. The van der Waals surface area contributed by atoms with Crippen LogP contribution in [0.1, 0.15) is 66.4 Å². The molecule has 23 heavy (non-hydrogen) atoms. The van der Waals surface area contributed by atoms with Gasteiger partial charge in [0, 0.05) is 36.5 Å². The number of rotatable bonds is 6. The number of fused-ring (bicyclic) bond motifs is 1. The Hall–Kier alpha value is -2.04. The average molecular weight is 315 g/mol. The monoisotopic (exact) mass is 315 g/mol. The van der Waals surface area contributed by atoms with Gasteiger partial charge in [0.05, 0.1) is 4.92 Å². The van der Waals surface area contributed by atoms with Crippen molar-refractivity contribution in [2.45, 2.75) is 57.8 Å². The quantitative estimate of drug-likeness (QED) is 0.591. The van der Waals surface area contributed by atoms with Crippen LogP contribution in [0, 0.1) is 16.0 Å². The SMILES string of the molecule is O=C(CCC1CCCC1)Cc1cc2c(cc1[N+](=O)[O-])C(=O)CC2. The van der Waals surface area contributed by atoms with E-state index in [4.69, 9.17) is 0 Å². The van der Waals surface area contributed by atoms with Gasteiger partial charge in [-0.3, -0.25) is 19.7 Å². The molecule has 3 rings (SSSR count). The number of hydrogen-bond acceptors (Lipinski definition) is 4. The first-order chi connectivity index (χ1) is 11.0. The molecule has 1 aromatic rings. The van der Waals surface area contributed by atoms with E-state index in [1.54, 1.807) is 6.07 Å². The van der Waals surface area contributed by atoms with Crippen LogP contribution in [0.2, 0.25) is 0 Å². The largest absolute Gasteiger partial charge is 0.299 e. The maximum absolute atomic E-state index is 12.2. The lowest BCUT2D eigenvalue weighted by atomic mass is 9.95. The number of benzene rings is 1. The Morgan fingerprint density at radius 2 is 1.96 bits per heavy atom. The van der Waals surface area contributed by atoms with Crippen molar-refractivity contribution < 1.29 is 14.5 Å².